The van der Waals surface area contributed by atoms with Crippen LogP contribution in [0.3, 0.4) is 0 Å². The van der Waals surface area contributed by atoms with Crippen molar-refractivity contribution in [2.24, 2.45) is 0 Å². The Morgan fingerprint density at radius 3 is 2.79 bits per heavy atom. The highest BCUT2D eigenvalue weighted by Crippen LogP contribution is 2.27. The predicted molar refractivity (Wildman–Crippen MR) is 106 cm³/mol. The summed E-state index contributed by atoms with van der Waals surface area (Å²) in [5, 5.41) is 16.1. The molecule has 1 aliphatic rings. The third-order valence-corrected chi connectivity index (χ3v) is 5.41. The number of rotatable bonds is 5. The van der Waals surface area contributed by atoms with Gasteiger partial charge in [-0.2, -0.15) is 5.10 Å². The van der Waals surface area contributed by atoms with E-state index in [0.29, 0.717) is 12.5 Å². The summed E-state index contributed by atoms with van der Waals surface area (Å²) in [6.45, 7) is 7.03. The number of fused-ring (bicyclic) bond motifs is 1. The number of pyridine rings is 1. The fourth-order valence-electron chi connectivity index (χ4n) is 3.92. The molecule has 0 unspecified atom stereocenters. The van der Waals surface area contributed by atoms with E-state index in [2.05, 4.69) is 38.0 Å². The molecule has 0 atom stereocenters. The van der Waals surface area contributed by atoms with Gasteiger partial charge in [-0.25, -0.2) is 4.79 Å². The number of aromatic nitrogens is 5. The molecule has 0 aliphatic carbocycles. The zero-order valence-electron chi connectivity index (χ0n) is 16.5. The second kappa shape index (κ2) is 8.00. The van der Waals surface area contributed by atoms with Gasteiger partial charge in [-0.05, 0) is 51.3 Å². The average Bonchev–Trinajstić information content (AvgIpc) is 3.28. The molecule has 1 saturated heterocycles. The van der Waals surface area contributed by atoms with Crippen molar-refractivity contribution in [3.05, 3.63) is 47.7 Å². The lowest BCUT2D eigenvalue weighted by Gasteiger charge is -2.31. The van der Waals surface area contributed by atoms with E-state index in [4.69, 9.17) is 0 Å². The summed E-state index contributed by atoms with van der Waals surface area (Å²) in [7, 11) is 0. The van der Waals surface area contributed by atoms with Crippen LogP contribution in [0, 0.1) is 13.8 Å². The van der Waals surface area contributed by atoms with Gasteiger partial charge in [0, 0.05) is 44.0 Å². The van der Waals surface area contributed by atoms with Crippen LogP contribution in [0.4, 0.5) is 4.79 Å². The number of aryl methyl sites for hydroxylation is 3. The normalized spacial score (nSPS) is 15.3. The standard InChI is InChI=1S/C20H27N7O/c1-15-14-16(2)27(24-15)11-5-9-21-20(28)25-12-7-17(8-13-25)19-23-22-18-6-3-4-10-26(18)19/h3-4,6,10,14,17H,5,7-9,11-13H2,1-2H3,(H,21,28). The molecule has 2 amide bonds. The number of nitrogens with one attached hydrogen (secondary N) is 1. The molecule has 1 fully saturated rings. The SMILES string of the molecule is Cc1cc(C)n(CCCNC(=O)N2CCC(c3nnc4ccccn34)CC2)n1. The van der Waals surface area contributed by atoms with E-state index in [0.717, 1.165) is 61.8 Å². The molecule has 0 bridgehead atoms. The number of nitrogens with zero attached hydrogens (tertiary/aromatic N) is 6. The summed E-state index contributed by atoms with van der Waals surface area (Å²) in [5.74, 6) is 1.34. The van der Waals surface area contributed by atoms with Gasteiger partial charge in [-0.1, -0.05) is 6.07 Å². The van der Waals surface area contributed by atoms with E-state index in [-0.39, 0.29) is 6.03 Å². The summed E-state index contributed by atoms with van der Waals surface area (Å²) in [6.07, 6.45) is 4.70. The van der Waals surface area contributed by atoms with E-state index in [1.54, 1.807) is 0 Å². The van der Waals surface area contributed by atoms with Crippen LogP contribution < -0.4 is 5.32 Å². The highest BCUT2D eigenvalue weighted by Gasteiger charge is 2.26. The van der Waals surface area contributed by atoms with Crippen molar-refractivity contribution in [2.75, 3.05) is 19.6 Å². The number of carbonyl (C=O) groups is 1. The second-order valence-corrected chi connectivity index (χ2v) is 7.48. The van der Waals surface area contributed by atoms with Gasteiger partial charge >= 0.3 is 6.03 Å². The Balaban J connectivity index is 1.23. The van der Waals surface area contributed by atoms with E-state index in [1.165, 1.54) is 0 Å². The lowest BCUT2D eigenvalue weighted by atomic mass is 9.96. The Morgan fingerprint density at radius 1 is 1.21 bits per heavy atom. The molecule has 0 spiro atoms. The highest BCUT2D eigenvalue weighted by molar-refractivity contribution is 5.74. The Bertz CT molecular complexity index is 953. The first-order chi connectivity index (χ1) is 13.6. The summed E-state index contributed by atoms with van der Waals surface area (Å²) in [4.78, 5) is 14.4. The monoisotopic (exact) mass is 381 g/mol. The average molecular weight is 381 g/mol. The van der Waals surface area contributed by atoms with Gasteiger partial charge in [-0.3, -0.25) is 9.08 Å². The summed E-state index contributed by atoms with van der Waals surface area (Å²) in [6, 6.07) is 8.02. The van der Waals surface area contributed by atoms with E-state index < -0.39 is 0 Å². The minimum Gasteiger partial charge on any atom is -0.338 e. The zero-order valence-corrected chi connectivity index (χ0v) is 16.5. The van der Waals surface area contributed by atoms with Gasteiger partial charge < -0.3 is 10.2 Å². The Morgan fingerprint density at radius 2 is 2.04 bits per heavy atom. The number of hydrogen-bond donors (Lipinski definition) is 1. The fourth-order valence-corrected chi connectivity index (χ4v) is 3.92. The van der Waals surface area contributed by atoms with Gasteiger partial charge in [0.1, 0.15) is 5.82 Å². The van der Waals surface area contributed by atoms with Crippen molar-refractivity contribution < 1.29 is 4.79 Å². The summed E-state index contributed by atoms with van der Waals surface area (Å²) in [5.41, 5.74) is 3.07. The first-order valence-corrected chi connectivity index (χ1v) is 9.95. The first-order valence-electron chi connectivity index (χ1n) is 9.95. The van der Waals surface area contributed by atoms with Crippen LogP contribution in [0.25, 0.3) is 5.65 Å². The van der Waals surface area contributed by atoms with E-state index >= 15 is 0 Å². The van der Waals surface area contributed by atoms with Crippen molar-refractivity contribution >= 4 is 11.7 Å². The van der Waals surface area contributed by atoms with Crippen molar-refractivity contribution in [1.29, 1.82) is 0 Å². The Hall–Kier alpha value is -2.90. The van der Waals surface area contributed by atoms with Crippen LogP contribution in [0.15, 0.2) is 30.5 Å². The van der Waals surface area contributed by atoms with Crippen LogP contribution in [-0.4, -0.2) is 54.9 Å². The molecule has 1 aliphatic heterocycles. The topological polar surface area (TPSA) is 80.4 Å². The molecule has 4 rings (SSSR count). The van der Waals surface area contributed by atoms with E-state index in [1.807, 2.05) is 40.9 Å². The van der Waals surface area contributed by atoms with Crippen LogP contribution in [0.1, 0.15) is 42.4 Å². The van der Waals surface area contributed by atoms with Crippen molar-refractivity contribution in [2.45, 2.75) is 45.6 Å². The van der Waals surface area contributed by atoms with Gasteiger partial charge in [0.15, 0.2) is 5.65 Å². The maximum Gasteiger partial charge on any atom is 0.317 e. The van der Waals surface area contributed by atoms with Crippen molar-refractivity contribution in [3.63, 3.8) is 0 Å². The maximum atomic E-state index is 12.4. The molecule has 3 aromatic heterocycles. The largest absolute Gasteiger partial charge is 0.338 e. The number of amides is 2. The molecular formula is C20H27N7O. The number of hydrogen-bond acceptors (Lipinski definition) is 4. The summed E-state index contributed by atoms with van der Waals surface area (Å²) < 4.78 is 4.05. The molecule has 28 heavy (non-hydrogen) atoms. The van der Waals surface area contributed by atoms with Crippen LogP contribution in [0.2, 0.25) is 0 Å². The molecule has 1 N–H and O–H groups in total. The smallest absolute Gasteiger partial charge is 0.317 e. The van der Waals surface area contributed by atoms with Crippen LogP contribution in [0.5, 0.6) is 0 Å². The molecule has 4 heterocycles. The highest BCUT2D eigenvalue weighted by atomic mass is 16.2. The quantitative estimate of drug-likeness (QED) is 0.689. The van der Waals surface area contributed by atoms with Gasteiger partial charge in [0.2, 0.25) is 0 Å². The molecular weight excluding hydrogens is 354 g/mol. The Labute approximate surface area is 164 Å². The maximum absolute atomic E-state index is 12.4. The molecule has 8 heteroatoms. The molecule has 148 valence electrons. The predicted octanol–water partition coefficient (Wildman–Crippen LogP) is 2.52. The Kier molecular flexibility index (Phi) is 5.27. The summed E-state index contributed by atoms with van der Waals surface area (Å²) >= 11 is 0. The van der Waals surface area contributed by atoms with Gasteiger partial charge in [0.25, 0.3) is 0 Å². The van der Waals surface area contributed by atoms with Crippen molar-refractivity contribution in [1.82, 2.24) is 34.6 Å². The third-order valence-electron chi connectivity index (χ3n) is 5.41. The van der Waals surface area contributed by atoms with Gasteiger partial charge in [0.05, 0.1) is 5.69 Å². The second-order valence-electron chi connectivity index (χ2n) is 7.48. The molecule has 0 radical (unpaired) electrons. The van der Waals surface area contributed by atoms with Crippen LogP contribution >= 0.6 is 0 Å². The molecule has 0 saturated carbocycles. The third kappa shape index (κ3) is 3.85. The molecule has 3 aromatic rings. The lowest BCUT2D eigenvalue weighted by Crippen LogP contribution is -2.44. The van der Waals surface area contributed by atoms with E-state index in [9.17, 15) is 4.79 Å². The number of piperidine rings is 1. The number of urea groups is 1. The van der Waals surface area contributed by atoms with Gasteiger partial charge in [-0.15, -0.1) is 10.2 Å². The number of carbonyl (C=O) groups excluding carboxylic acids is 1. The molecule has 0 aromatic carbocycles. The van der Waals surface area contributed by atoms with Crippen LogP contribution in [-0.2, 0) is 6.54 Å². The minimum atomic E-state index is 0.0259. The van der Waals surface area contributed by atoms with Crippen molar-refractivity contribution in [3.8, 4) is 0 Å². The lowest BCUT2D eigenvalue weighted by molar-refractivity contribution is 0.180. The fraction of sp³-hybridized carbons (Fsp3) is 0.500. The molecule has 8 nitrogen and oxygen atoms in total. The first kappa shape index (κ1) is 18.5. The zero-order chi connectivity index (χ0) is 19.5. The minimum absolute atomic E-state index is 0.0259. The number of likely N-dealkylation sites (tertiary alicyclic amines) is 1.